The van der Waals surface area contributed by atoms with E-state index in [2.05, 4.69) is 10.2 Å². The van der Waals surface area contributed by atoms with Crippen LogP contribution >= 0.6 is 11.6 Å². The predicted molar refractivity (Wildman–Crippen MR) is 188 cm³/mol. The van der Waals surface area contributed by atoms with E-state index in [0.29, 0.717) is 36.6 Å². The maximum Gasteiger partial charge on any atom is 0.271 e. The molecule has 0 aliphatic carbocycles. The van der Waals surface area contributed by atoms with Gasteiger partial charge in [0, 0.05) is 46.9 Å². The summed E-state index contributed by atoms with van der Waals surface area (Å²) in [6.45, 7) is 10.4. The van der Waals surface area contributed by atoms with E-state index in [1.54, 1.807) is 42.2 Å². The fraction of sp³-hybridized carbons (Fsp3) is 0.417. The summed E-state index contributed by atoms with van der Waals surface area (Å²) in [5, 5.41) is 3.04. The van der Waals surface area contributed by atoms with Gasteiger partial charge in [-0.3, -0.25) is 14.4 Å². The number of ether oxygens (including phenoxy) is 2. The summed E-state index contributed by atoms with van der Waals surface area (Å²) in [6.07, 6.45) is 0.836. The van der Waals surface area contributed by atoms with Crippen LogP contribution in [0.1, 0.15) is 72.9 Å². The number of halogens is 1. The standard InChI is InChI=1S/C36H43ClN4O7S/c1-9-48-24-11-15-30-28(19-24)36(5,27-18-22(10-14-29(27)37)33(43)40-17-16-23(21-40)39(6)7)34(44)41(30)49(45,46)25-12-13-26(31(20-25)47-8)32(42)38-35(2,3)4/h10-15,18-20,23H,9,16-17,21H2,1-8H3,(H,38,42)/t23-,36?/m1/s1. The lowest BCUT2D eigenvalue weighted by Gasteiger charge is -2.27. The van der Waals surface area contributed by atoms with Crippen molar-refractivity contribution in [1.29, 1.82) is 0 Å². The number of likely N-dealkylation sites (N-methyl/N-ethyl adjacent to an activating group) is 1. The molecule has 1 N–H and O–H groups in total. The number of hydrogen-bond acceptors (Lipinski definition) is 8. The number of carbonyl (C=O) groups excluding carboxylic acids is 3. The second kappa shape index (κ2) is 13.3. The van der Waals surface area contributed by atoms with Gasteiger partial charge in [-0.25, -0.2) is 12.7 Å². The van der Waals surface area contributed by atoms with Crippen LogP contribution in [0.4, 0.5) is 5.69 Å². The van der Waals surface area contributed by atoms with Gasteiger partial charge in [0.05, 0.1) is 29.9 Å². The Morgan fingerprint density at radius 1 is 1.06 bits per heavy atom. The molecule has 1 fully saturated rings. The molecule has 1 saturated heterocycles. The van der Waals surface area contributed by atoms with Crippen LogP contribution < -0.4 is 19.1 Å². The monoisotopic (exact) mass is 710 g/mol. The Labute approximate surface area is 293 Å². The molecular weight excluding hydrogens is 668 g/mol. The predicted octanol–water partition coefficient (Wildman–Crippen LogP) is 5.09. The van der Waals surface area contributed by atoms with Crippen LogP contribution in [-0.2, 0) is 20.2 Å². The first-order valence-corrected chi connectivity index (χ1v) is 17.9. The number of hydrogen-bond donors (Lipinski definition) is 1. The molecule has 3 amide bonds. The summed E-state index contributed by atoms with van der Waals surface area (Å²) in [5.74, 6) is -0.971. The summed E-state index contributed by atoms with van der Waals surface area (Å²) >= 11 is 6.80. The van der Waals surface area contributed by atoms with Crippen molar-refractivity contribution in [2.24, 2.45) is 0 Å². The first-order valence-electron chi connectivity index (χ1n) is 16.1. The largest absolute Gasteiger partial charge is 0.496 e. The summed E-state index contributed by atoms with van der Waals surface area (Å²) in [7, 11) is 0.720. The molecule has 1 unspecified atom stereocenters. The molecule has 2 heterocycles. The van der Waals surface area contributed by atoms with Crippen LogP contribution in [0.25, 0.3) is 0 Å². The number of nitrogens with one attached hydrogen (secondary N) is 1. The quantitative estimate of drug-likeness (QED) is 0.326. The lowest BCUT2D eigenvalue weighted by Crippen LogP contribution is -2.42. The number of amides is 3. The minimum absolute atomic E-state index is 0.0248. The molecule has 49 heavy (non-hydrogen) atoms. The minimum atomic E-state index is -4.57. The van der Waals surface area contributed by atoms with E-state index in [-0.39, 0.29) is 44.4 Å². The van der Waals surface area contributed by atoms with Crippen LogP contribution in [0.15, 0.2) is 59.5 Å². The van der Waals surface area contributed by atoms with E-state index in [1.807, 2.05) is 41.8 Å². The highest BCUT2D eigenvalue weighted by molar-refractivity contribution is 7.93. The number of sulfonamides is 1. The molecule has 5 rings (SSSR count). The lowest BCUT2D eigenvalue weighted by atomic mass is 9.76. The Kier molecular flexibility index (Phi) is 9.81. The Hall–Kier alpha value is -4.13. The van der Waals surface area contributed by atoms with Crippen molar-refractivity contribution < 1.29 is 32.3 Å². The molecule has 0 bridgehead atoms. The fourth-order valence-electron chi connectivity index (χ4n) is 6.38. The zero-order chi connectivity index (χ0) is 36.1. The maximum absolute atomic E-state index is 14.7. The molecule has 0 spiro atoms. The van der Waals surface area contributed by atoms with Crippen molar-refractivity contribution in [2.45, 2.75) is 62.9 Å². The Morgan fingerprint density at radius 3 is 2.39 bits per heavy atom. The van der Waals surface area contributed by atoms with E-state index in [9.17, 15) is 22.8 Å². The third kappa shape index (κ3) is 6.61. The zero-order valence-corrected chi connectivity index (χ0v) is 30.7. The van der Waals surface area contributed by atoms with Crippen LogP contribution in [0.5, 0.6) is 11.5 Å². The minimum Gasteiger partial charge on any atom is -0.496 e. The van der Waals surface area contributed by atoms with E-state index >= 15 is 0 Å². The molecule has 0 aromatic heterocycles. The average Bonchev–Trinajstić information content (AvgIpc) is 3.62. The van der Waals surface area contributed by atoms with Gasteiger partial charge in [-0.05, 0) is 109 Å². The first kappa shape index (κ1) is 36.2. The molecule has 3 aromatic rings. The third-order valence-corrected chi connectivity index (χ3v) is 11.0. The van der Waals surface area contributed by atoms with Gasteiger partial charge in [0.25, 0.3) is 27.7 Å². The number of benzene rings is 3. The van der Waals surface area contributed by atoms with Crippen molar-refractivity contribution in [3.63, 3.8) is 0 Å². The number of carbonyl (C=O) groups is 3. The lowest BCUT2D eigenvalue weighted by molar-refractivity contribution is -0.120. The number of nitrogens with zero attached hydrogens (tertiary/aromatic N) is 3. The average molecular weight is 711 g/mol. The molecule has 0 saturated carbocycles. The molecular formula is C36H43ClN4O7S. The van der Waals surface area contributed by atoms with Gasteiger partial charge in [-0.2, -0.15) is 0 Å². The van der Waals surface area contributed by atoms with Gasteiger partial charge in [0.2, 0.25) is 0 Å². The highest BCUT2D eigenvalue weighted by Crippen LogP contribution is 2.51. The Balaban J connectivity index is 1.61. The van der Waals surface area contributed by atoms with Gasteiger partial charge >= 0.3 is 0 Å². The van der Waals surface area contributed by atoms with Crippen molar-refractivity contribution in [3.05, 3.63) is 81.9 Å². The second-order valence-electron chi connectivity index (χ2n) is 13.7. The van der Waals surface area contributed by atoms with Crippen molar-refractivity contribution in [2.75, 3.05) is 45.2 Å². The number of fused-ring (bicyclic) bond motifs is 1. The summed E-state index contributed by atoms with van der Waals surface area (Å²) in [6, 6.07) is 13.6. The van der Waals surface area contributed by atoms with Gasteiger partial charge < -0.3 is 24.6 Å². The first-order chi connectivity index (χ1) is 22.9. The maximum atomic E-state index is 14.7. The summed E-state index contributed by atoms with van der Waals surface area (Å²) < 4.78 is 40.9. The van der Waals surface area contributed by atoms with E-state index in [4.69, 9.17) is 21.1 Å². The molecule has 262 valence electrons. The number of likely N-dealkylation sites (tertiary alicyclic amines) is 1. The van der Waals surface area contributed by atoms with Crippen molar-refractivity contribution in [3.8, 4) is 11.5 Å². The SMILES string of the molecule is CCOc1ccc2c(c1)C(C)(c1cc(C(=O)N3CC[C@@H](N(C)C)C3)ccc1Cl)C(=O)N2S(=O)(=O)c1ccc(C(=O)NC(C)(C)C)c(OC)c1. The Morgan fingerprint density at radius 2 is 1.78 bits per heavy atom. The number of rotatable bonds is 9. The van der Waals surface area contributed by atoms with Crippen LogP contribution in [0.2, 0.25) is 5.02 Å². The summed E-state index contributed by atoms with van der Waals surface area (Å²) in [5.41, 5.74) is -0.949. The van der Waals surface area contributed by atoms with Gasteiger partial charge in [0.1, 0.15) is 16.9 Å². The molecule has 0 radical (unpaired) electrons. The second-order valence-corrected chi connectivity index (χ2v) is 15.9. The molecule has 3 aromatic carbocycles. The van der Waals surface area contributed by atoms with Crippen molar-refractivity contribution >= 4 is 45.0 Å². The van der Waals surface area contributed by atoms with Crippen molar-refractivity contribution in [1.82, 2.24) is 15.1 Å². The summed E-state index contributed by atoms with van der Waals surface area (Å²) in [4.78, 5) is 45.0. The highest BCUT2D eigenvalue weighted by atomic mass is 35.5. The smallest absolute Gasteiger partial charge is 0.271 e. The highest BCUT2D eigenvalue weighted by Gasteiger charge is 2.54. The molecule has 13 heteroatoms. The van der Waals surface area contributed by atoms with E-state index in [0.717, 1.165) is 10.7 Å². The van der Waals surface area contributed by atoms with E-state index < -0.39 is 32.8 Å². The molecule has 11 nitrogen and oxygen atoms in total. The van der Waals surface area contributed by atoms with E-state index in [1.165, 1.54) is 31.4 Å². The normalized spacial score (nSPS) is 19.3. The van der Waals surface area contributed by atoms with Crippen LogP contribution in [0, 0.1) is 0 Å². The van der Waals surface area contributed by atoms with Crippen LogP contribution in [-0.4, -0.2) is 88.4 Å². The third-order valence-electron chi connectivity index (χ3n) is 9.03. The zero-order valence-electron chi connectivity index (χ0n) is 29.1. The Bertz CT molecular complexity index is 1920. The molecule has 2 atom stereocenters. The van der Waals surface area contributed by atoms with Gasteiger partial charge in [-0.1, -0.05) is 11.6 Å². The molecule has 2 aliphatic rings. The van der Waals surface area contributed by atoms with Gasteiger partial charge in [0.15, 0.2) is 0 Å². The number of anilines is 1. The number of methoxy groups -OCH3 is 1. The molecule has 2 aliphatic heterocycles. The fourth-order valence-corrected chi connectivity index (χ4v) is 8.21. The van der Waals surface area contributed by atoms with Gasteiger partial charge in [-0.15, -0.1) is 0 Å². The van der Waals surface area contributed by atoms with Crippen LogP contribution in [0.3, 0.4) is 0 Å². The topological polar surface area (TPSA) is 126 Å².